The lowest BCUT2D eigenvalue weighted by atomic mass is 9.91. The Morgan fingerprint density at radius 1 is 1.17 bits per heavy atom. The SMILES string of the molecule is CCN(c1ccccc1)C1(O)C=CC(C2=CC(=O)NC2=O)C=C1. The molecular formula is C18H18N2O3. The van der Waals surface area contributed by atoms with Gasteiger partial charge in [0.25, 0.3) is 11.8 Å². The maximum absolute atomic E-state index is 11.7. The zero-order valence-electron chi connectivity index (χ0n) is 12.8. The van der Waals surface area contributed by atoms with Gasteiger partial charge < -0.3 is 10.0 Å². The van der Waals surface area contributed by atoms with Crippen molar-refractivity contribution in [2.24, 2.45) is 5.92 Å². The molecule has 0 radical (unpaired) electrons. The number of para-hydroxylation sites is 1. The number of carbonyl (C=O) groups excluding carboxylic acids is 2. The van der Waals surface area contributed by atoms with Crippen molar-refractivity contribution in [1.82, 2.24) is 5.32 Å². The van der Waals surface area contributed by atoms with Crippen molar-refractivity contribution in [3.05, 3.63) is 66.3 Å². The molecule has 0 spiro atoms. The summed E-state index contributed by atoms with van der Waals surface area (Å²) >= 11 is 0. The predicted molar refractivity (Wildman–Crippen MR) is 87.4 cm³/mol. The first kappa shape index (κ1) is 15.2. The van der Waals surface area contributed by atoms with Crippen molar-refractivity contribution in [2.45, 2.75) is 12.6 Å². The van der Waals surface area contributed by atoms with E-state index in [0.717, 1.165) is 5.69 Å². The molecule has 0 aromatic heterocycles. The molecule has 2 N–H and O–H groups in total. The van der Waals surface area contributed by atoms with Gasteiger partial charge in [0.05, 0.1) is 0 Å². The largest absolute Gasteiger partial charge is 0.364 e. The Hall–Kier alpha value is -2.66. The van der Waals surface area contributed by atoms with Crippen LogP contribution in [0.15, 0.2) is 66.3 Å². The second-order valence-corrected chi connectivity index (χ2v) is 5.52. The van der Waals surface area contributed by atoms with E-state index in [1.165, 1.54) is 6.08 Å². The molecule has 3 rings (SSSR count). The summed E-state index contributed by atoms with van der Waals surface area (Å²) in [5.74, 6) is -1.08. The minimum atomic E-state index is -1.26. The van der Waals surface area contributed by atoms with Gasteiger partial charge in [0.2, 0.25) is 0 Å². The van der Waals surface area contributed by atoms with Gasteiger partial charge in [-0.25, -0.2) is 0 Å². The van der Waals surface area contributed by atoms with Crippen LogP contribution in [-0.4, -0.2) is 29.2 Å². The topological polar surface area (TPSA) is 69.6 Å². The van der Waals surface area contributed by atoms with Gasteiger partial charge in [-0.1, -0.05) is 30.4 Å². The summed E-state index contributed by atoms with van der Waals surface area (Å²) in [5.41, 5.74) is 0.0391. The molecule has 5 heteroatoms. The average molecular weight is 310 g/mol. The first-order chi connectivity index (χ1) is 11.0. The highest BCUT2D eigenvalue weighted by molar-refractivity contribution is 6.16. The molecule has 1 aromatic carbocycles. The van der Waals surface area contributed by atoms with Crippen LogP contribution in [0.25, 0.3) is 0 Å². The van der Waals surface area contributed by atoms with Crippen LogP contribution in [0.2, 0.25) is 0 Å². The number of anilines is 1. The molecule has 0 atom stereocenters. The maximum Gasteiger partial charge on any atom is 0.255 e. The number of rotatable bonds is 4. The van der Waals surface area contributed by atoms with E-state index in [9.17, 15) is 14.7 Å². The summed E-state index contributed by atoms with van der Waals surface area (Å²) in [7, 11) is 0. The first-order valence-electron chi connectivity index (χ1n) is 7.54. The average Bonchev–Trinajstić information content (AvgIpc) is 2.88. The molecule has 0 bridgehead atoms. The van der Waals surface area contributed by atoms with Crippen LogP contribution in [-0.2, 0) is 9.59 Å². The van der Waals surface area contributed by atoms with Crippen molar-refractivity contribution in [1.29, 1.82) is 0 Å². The quantitative estimate of drug-likeness (QED) is 0.503. The number of likely N-dealkylation sites (N-methyl/N-ethyl adjacent to an activating group) is 1. The van der Waals surface area contributed by atoms with Gasteiger partial charge in [-0.2, -0.15) is 0 Å². The van der Waals surface area contributed by atoms with Crippen LogP contribution in [0.1, 0.15) is 6.92 Å². The summed E-state index contributed by atoms with van der Waals surface area (Å²) < 4.78 is 0. The van der Waals surface area contributed by atoms with Crippen LogP contribution < -0.4 is 10.2 Å². The van der Waals surface area contributed by atoms with E-state index in [2.05, 4.69) is 5.32 Å². The number of benzene rings is 1. The predicted octanol–water partition coefficient (Wildman–Crippen LogP) is 1.53. The number of hydrogen-bond donors (Lipinski definition) is 2. The monoisotopic (exact) mass is 310 g/mol. The van der Waals surface area contributed by atoms with Crippen LogP contribution in [0.3, 0.4) is 0 Å². The number of hydrogen-bond acceptors (Lipinski definition) is 4. The molecule has 0 saturated carbocycles. The summed E-state index contributed by atoms with van der Waals surface area (Å²) in [6.45, 7) is 2.58. The lowest BCUT2D eigenvalue weighted by molar-refractivity contribution is -0.123. The summed E-state index contributed by atoms with van der Waals surface area (Å²) in [6.07, 6.45) is 8.11. The van der Waals surface area contributed by atoms with Crippen molar-refractivity contribution in [3.63, 3.8) is 0 Å². The molecule has 5 nitrogen and oxygen atoms in total. The van der Waals surface area contributed by atoms with E-state index in [-0.39, 0.29) is 11.8 Å². The second kappa shape index (κ2) is 5.85. The Bertz CT molecular complexity index is 705. The summed E-state index contributed by atoms with van der Waals surface area (Å²) in [4.78, 5) is 24.8. The number of allylic oxidation sites excluding steroid dienone is 2. The molecule has 0 saturated heterocycles. The van der Waals surface area contributed by atoms with Crippen LogP contribution in [0, 0.1) is 5.92 Å². The van der Waals surface area contributed by atoms with Gasteiger partial charge in [-0.05, 0) is 31.2 Å². The third-order valence-electron chi connectivity index (χ3n) is 4.06. The van der Waals surface area contributed by atoms with Crippen molar-refractivity contribution < 1.29 is 14.7 Å². The maximum atomic E-state index is 11.7. The molecule has 1 aliphatic heterocycles. The van der Waals surface area contributed by atoms with Gasteiger partial charge in [-0.3, -0.25) is 14.9 Å². The van der Waals surface area contributed by atoms with E-state index in [1.54, 1.807) is 24.3 Å². The number of nitrogens with one attached hydrogen (secondary N) is 1. The third kappa shape index (κ3) is 2.83. The molecule has 0 fully saturated rings. The van der Waals surface area contributed by atoms with E-state index >= 15 is 0 Å². The number of nitrogens with zero attached hydrogens (tertiary/aromatic N) is 1. The normalized spacial score (nSPS) is 26.2. The van der Waals surface area contributed by atoms with E-state index in [1.807, 2.05) is 42.2 Å². The van der Waals surface area contributed by atoms with Crippen molar-refractivity contribution >= 4 is 17.5 Å². The molecule has 23 heavy (non-hydrogen) atoms. The third-order valence-corrected chi connectivity index (χ3v) is 4.06. The fourth-order valence-corrected chi connectivity index (χ4v) is 2.92. The van der Waals surface area contributed by atoms with Gasteiger partial charge in [0, 0.05) is 29.8 Å². The molecular weight excluding hydrogens is 292 g/mol. The van der Waals surface area contributed by atoms with Gasteiger partial charge in [-0.15, -0.1) is 0 Å². The Morgan fingerprint density at radius 3 is 2.35 bits per heavy atom. The number of imide groups is 1. The van der Waals surface area contributed by atoms with Crippen LogP contribution >= 0.6 is 0 Å². The van der Waals surface area contributed by atoms with Crippen molar-refractivity contribution in [3.8, 4) is 0 Å². The first-order valence-corrected chi connectivity index (χ1v) is 7.54. The van der Waals surface area contributed by atoms with Crippen LogP contribution in [0.5, 0.6) is 0 Å². The van der Waals surface area contributed by atoms with Crippen molar-refractivity contribution in [2.75, 3.05) is 11.4 Å². The molecule has 118 valence electrons. The molecule has 1 aromatic rings. The zero-order chi connectivity index (χ0) is 16.4. The fraction of sp³-hybridized carbons (Fsp3) is 0.222. The fourth-order valence-electron chi connectivity index (χ4n) is 2.92. The zero-order valence-corrected chi connectivity index (χ0v) is 12.8. The molecule has 2 aliphatic rings. The van der Waals surface area contributed by atoms with Gasteiger partial charge in [0.1, 0.15) is 0 Å². The minimum Gasteiger partial charge on any atom is -0.364 e. The van der Waals surface area contributed by atoms with Gasteiger partial charge in [0.15, 0.2) is 5.72 Å². The lowest BCUT2D eigenvalue weighted by Crippen LogP contribution is -2.47. The molecule has 2 amide bonds. The lowest BCUT2D eigenvalue weighted by Gasteiger charge is -2.38. The Labute approximate surface area is 134 Å². The summed E-state index contributed by atoms with van der Waals surface area (Å²) in [6, 6.07) is 9.62. The summed E-state index contributed by atoms with van der Waals surface area (Å²) in [5, 5.41) is 13.2. The van der Waals surface area contributed by atoms with E-state index in [0.29, 0.717) is 12.1 Å². The Morgan fingerprint density at radius 2 is 1.83 bits per heavy atom. The highest BCUT2D eigenvalue weighted by Gasteiger charge is 2.33. The number of aliphatic hydroxyl groups is 1. The van der Waals surface area contributed by atoms with Crippen LogP contribution in [0.4, 0.5) is 5.69 Å². The molecule has 1 aliphatic carbocycles. The highest BCUT2D eigenvalue weighted by Crippen LogP contribution is 2.30. The Kier molecular flexibility index (Phi) is 3.88. The van der Waals surface area contributed by atoms with Gasteiger partial charge >= 0.3 is 0 Å². The standard InChI is InChI=1S/C18H18N2O3/c1-2-20(14-6-4-3-5-7-14)18(23)10-8-13(9-11-18)15-12-16(21)19-17(15)22/h3-13,23H,2H2,1H3,(H,19,21,22). The Balaban J connectivity index is 1.85. The number of carbonyl (C=O) groups is 2. The minimum absolute atomic E-state index is 0.309. The van der Waals surface area contributed by atoms with E-state index in [4.69, 9.17) is 0 Å². The second-order valence-electron chi connectivity index (χ2n) is 5.52. The molecule has 0 unspecified atom stereocenters. The highest BCUT2D eigenvalue weighted by atomic mass is 16.3. The number of amides is 2. The smallest absolute Gasteiger partial charge is 0.255 e. The van der Waals surface area contributed by atoms with E-state index < -0.39 is 11.6 Å². The molecule has 1 heterocycles.